The molecule has 0 heterocycles. The van der Waals surface area contributed by atoms with Gasteiger partial charge < -0.3 is 11.5 Å². The van der Waals surface area contributed by atoms with E-state index in [1.165, 1.54) is 17.8 Å². The molecule has 0 saturated heterocycles. The molecule has 9 heteroatoms. The van der Waals surface area contributed by atoms with Crippen LogP contribution in [0.2, 0.25) is 0 Å². The number of guanidine groups is 1. The van der Waals surface area contributed by atoms with Gasteiger partial charge in [0.15, 0.2) is 15.8 Å². The van der Waals surface area contributed by atoms with E-state index in [2.05, 4.69) is 20.9 Å². The molecule has 4 N–H and O–H groups in total. The minimum Gasteiger partial charge on any atom is -0.370 e. The Balaban J connectivity index is 2.62. The fourth-order valence-corrected chi connectivity index (χ4v) is 4.89. The Bertz CT molecular complexity index is 969. The van der Waals surface area contributed by atoms with Crippen LogP contribution in [0.4, 0.5) is 0 Å². The largest absolute Gasteiger partial charge is 0.370 e. The summed E-state index contributed by atoms with van der Waals surface area (Å²) in [7, 11) is -3.57. The molecule has 0 unspecified atom stereocenters. The summed E-state index contributed by atoms with van der Waals surface area (Å²) in [5.41, 5.74) is 11.2. The maximum absolute atomic E-state index is 12.2. The zero-order valence-corrected chi connectivity index (χ0v) is 16.7. The first-order chi connectivity index (χ1) is 11.6. The summed E-state index contributed by atoms with van der Waals surface area (Å²) in [6, 6.07) is 10.4. The van der Waals surface area contributed by atoms with Crippen LogP contribution in [0.1, 0.15) is 15.9 Å². The molecule has 0 saturated carbocycles. The number of aliphatic imine (C=N–C) groups is 1. The van der Waals surface area contributed by atoms with Gasteiger partial charge in [-0.1, -0.05) is 23.9 Å². The van der Waals surface area contributed by atoms with Crippen LogP contribution < -0.4 is 11.5 Å². The zero-order valence-electron chi connectivity index (χ0n) is 13.5. The second-order valence-corrected chi connectivity index (χ2v) is 9.18. The third-order valence-electron chi connectivity index (χ3n) is 3.21. The van der Waals surface area contributed by atoms with Crippen LogP contribution in [0.25, 0.3) is 0 Å². The number of aryl methyl sites for hydroxylation is 1. The van der Waals surface area contributed by atoms with E-state index in [1.54, 1.807) is 13.0 Å². The zero-order chi connectivity index (χ0) is 18.8. The van der Waals surface area contributed by atoms with Crippen molar-refractivity contribution in [1.29, 1.82) is 0 Å². The van der Waals surface area contributed by atoms with Gasteiger partial charge in [0.1, 0.15) is 0 Å². The Labute approximate surface area is 158 Å². The number of carbonyl (C=O) groups excluding carboxylic acids is 1. The van der Waals surface area contributed by atoms with Crippen molar-refractivity contribution in [3.05, 3.63) is 52.0 Å². The predicted octanol–water partition coefficient (Wildman–Crippen LogP) is 2.73. The minimum atomic E-state index is -3.57. The number of carbonyl (C=O) groups is 1. The van der Waals surface area contributed by atoms with Gasteiger partial charge in [-0.3, -0.25) is 4.79 Å². The summed E-state index contributed by atoms with van der Waals surface area (Å²) in [6.45, 7) is 1.70. The van der Waals surface area contributed by atoms with E-state index < -0.39 is 15.7 Å². The van der Waals surface area contributed by atoms with Crippen LogP contribution in [-0.2, 0) is 9.84 Å². The van der Waals surface area contributed by atoms with E-state index in [9.17, 15) is 13.2 Å². The summed E-state index contributed by atoms with van der Waals surface area (Å²) in [5.74, 6) is -1.06. The average Bonchev–Trinajstić information content (AvgIpc) is 2.47. The molecule has 0 aliphatic heterocycles. The molecular formula is C16H16BrN3O3S2. The molecule has 0 atom stereocenters. The highest BCUT2D eigenvalue weighted by Gasteiger charge is 2.20. The lowest BCUT2D eigenvalue weighted by Gasteiger charge is -2.12. The molecule has 0 fully saturated rings. The summed E-state index contributed by atoms with van der Waals surface area (Å²) in [5, 5.41) is 0. The Morgan fingerprint density at radius 2 is 1.80 bits per heavy atom. The van der Waals surface area contributed by atoms with Gasteiger partial charge in [0.05, 0.1) is 4.90 Å². The number of rotatable bonds is 4. The van der Waals surface area contributed by atoms with Crippen LogP contribution in [0, 0.1) is 6.92 Å². The Kier molecular flexibility index (Phi) is 5.91. The van der Waals surface area contributed by atoms with Gasteiger partial charge in [0.25, 0.3) is 5.91 Å². The molecule has 2 aromatic rings. The summed E-state index contributed by atoms with van der Waals surface area (Å²) < 4.78 is 25.3. The van der Waals surface area contributed by atoms with Gasteiger partial charge in [-0.05, 0) is 52.7 Å². The van der Waals surface area contributed by atoms with Crippen molar-refractivity contribution >= 4 is 49.4 Å². The van der Waals surface area contributed by atoms with Gasteiger partial charge in [-0.25, -0.2) is 8.42 Å². The highest BCUT2D eigenvalue weighted by atomic mass is 79.9. The lowest BCUT2D eigenvalue weighted by molar-refractivity contribution is 0.100. The summed E-state index contributed by atoms with van der Waals surface area (Å²) in [4.78, 5) is 17.0. The number of nitrogens with two attached hydrogens (primary N) is 2. The number of amides is 1. The number of halogens is 1. The van der Waals surface area contributed by atoms with Crippen molar-refractivity contribution in [2.45, 2.75) is 21.6 Å². The number of sulfone groups is 1. The second-order valence-electron chi connectivity index (χ2n) is 5.26. The van der Waals surface area contributed by atoms with Gasteiger partial charge in [-0.2, -0.15) is 4.99 Å². The Morgan fingerprint density at radius 3 is 2.36 bits per heavy atom. The van der Waals surface area contributed by atoms with Gasteiger partial charge in [0.2, 0.25) is 0 Å². The lowest BCUT2D eigenvalue weighted by atomic mass is 10.1. The van der Waals surface area contributed by atoms with Crippen molar-refractivity contribution in [2.75, 3.05) is 6.26 Å². The fourth-order valence-electron chi connectivity index (χ4n) is 2.08. The maximum Gasteiger partial charge on any atom is 0.280 e. The third-order valence-corrected chi connectivity index (χ3v) is 6.56. The molecule has 0 aromatic heterocycles. The number of hydrogen-bond donors (Lipinski definition) is 2. The van der Waals surface area contributed by atoms with Crippen molar-refractivity contribution < 1.29 is 13.2 Å². The van der Waals surface area contributed by atoms with Crippen molar-refractivity contribution in [3.8, 4) is 0 Å². The van der Waals surface area contributed by atoms with Crippen molar-refractivity contribution in [3.63, 3.8) is 0 Å². The maximum atomic E-state index is 12.2. The van der Waals surface area contributed by atoms with Crippen LogP contribution >= 0.6 is 27.7 Å². The van der Waals surface area contributed by atoms with Crippen LogP contribution in [-0.4, -0.2) is 26.5 Å². The van der Waals surface area contributed by atoms with Crippen molar-refractivity contribution in [1.82, 2.24) is 0 Å². The van der Waals surface area contributed by atoms with E-state index in [0.29, 0.717) is 10.5 Å². The SMILES string of the molecule is Cc1cc(Sc2ccccc2Br)c(S(C)(=O)=O)cc1C(=O)N=C(N)N. The molecule has 0 radical (unpaired) electrons. The van der Waals surface area contributed by atoms with E-state index in [0.717, 1.165) is 15.6 Å². The monoisotopic (exact) mass is 441 g/mol. The van der Waals surface area contributed by atoms with E-state index >= 15 is 0 Å². The molecule has 0 spiro atoms. The number of nitrogens with zero attached hydrogens (tertiary/aromatic N) is 1. The van der Waals surface area contributed by atoms with Gasteiger partial charge in [-0.15, -0.1) is 0 Å². The minimum absolute atomic E-state index is 0.0491. The fraction of sp³-hybridized carbons (Fsp3) is 0.125. The normalized spacial score (nSPS) is 11.2. The average molecular weight is 442 g/mol. The van der Waals surface area contributed by atoms with Gasteiger partial charge in [0, 0.05) is 26.1 Å². The molecular weight excluding hydrogens is 426 g/mol. The predicted molar refractivity (Wildman–Crippen MR) is 103 cm³/mol. The lowest BCUT2D eigenvalue weighted by Crippen LogP contribution is -2.24. The van der Waals surface area contributed by atoms with Crippen LogP contribution in [0.3, 0.4) is 0 Å². The first kappa shape index (κ1) is 19.5. The topological polar surface area (TPSA) is 116 Å². The quantitative estimate of drug-likeness (QED) is 0.556. The molecule has 132 valence electrons. The molecule has 2 rings (SSSR count). The second kappa shape index (κ2) is 7.59. The molecule has 6 nitrogen and oxygen atoms in total. The standard InChI is InChI=1S/C16H16BrN3O3S2/c1-9-7-13(24-12-6-4-3-5-11(12)17)14(25(2,22)23)8-10(9)15(21)20-16(18)19/h3-8H,1-2H3,(H4,18,19,20,21). The van der Waals surface area contributed by atoms with Gasteiger partial charge >= 0.3 is 0 Å². The van der Waals surface area contributed by atoms with E-state index in [-0.39, 0.29) is 16.4 Å². The van der Waals surface area contributed by atoms with Crippen molar-refractivity contribution in [2.24, 2.45) is 16.5 Å². The first-order valence-corrected chi connectivity index (χ1v) is 10.5. The summed E-state index contributed by atoms with van der Waals surface area (Å²) >= 11 is 4.74. The Hall–Kier alpha value is -1.84. The summed E-state index contributed by atoms with van der Waals surface area (Å²) in [6.07, 6.45) is 1.09. The molecule has 1 amide bonds. The smallest absolute Gasteiger partial charge is 0.280 e. The highest BCUT2D eigenvalue weighted by molar-refractivity contribution is 9.10. The van der Waals surface area contributed by atoms with Crippen LogP contribution in [0.5, 0.6) is 0 Å². The third kappa shape index (κ3) is 4.83. The molecule has 2 aromatic carbocycles. The molecule has 0 aliphatic rings. The molecule has 25 heavy (non-hydrogen) atoms. The first-order valence-electron chi connectivity index (χ1n) is 7.00. The molecule has 0 bridgehead atoms. The number of hydrogen-bond acceptors (Lipinski definition) is 4. The molecule has 0 aliphatic carbocycles. The number of benzene rings is 2. The van der Waals surface area contributed by atoms with E-state index in [1.807, 2.05) is 24.3 Å². The van der Waals surface area contributed by atoms with E-state index in [4.69, 9.17) is 11.5 Å². The van der Waals surface area contributed by atoms with Crippen LogP contribution in [0.15, 0.2) is 60.5 Å². The Morgan fingerprint density at radius 1 is 1.16 bits per heavy atom. The highest BCUT2D eigenvalue weighted by Crippen LogP contribution is 2.38.